The number of phenolic OH excluding ortho intramolecular Hbond substituents is 1. The van der Waals surface area contributed by atoms with Gasteiger partial charge >= 0.3 is 5.97 Å². The molecule has 8 heteroatoms. The molecule has 0 aromatic heterocycles. The molecule has 2 aliphatic rings. The third-order valence-corrected chi connectivity index (χ3v) is 7.83. The maximum atomic E-state index is 13.5. The Morgan fingerprint density at radius 1 is 0.805 bits per heavy atom. The van der Waals surface area contributed by atoms with Crippen molar-refractivity contribution in [2.45, 2.75) is 18.2 Å². The van der Waals surface area contributed by atoms with Gasteiger partial charge in [-0.25, -0.2) is 4.79 Å². The van der Waals surface area contributed by atoms with Gasteiger partial charge in [-0.05, 0) is 60.0 Å². The highest BCUT2D eigenvalue weighted by Crippen LogP contribution is 2.57. The molecule has 0 saturated carbocycles. The molecule has 3 N–H and O–H groups in total. The molecule has 8 nitrogen and oxygen atoms in total. The summed E-state index contributed by atoms with van der Waals surface area (Å²) in [5.41, 5.74) is 4.98. The molecule has 4 aromatic rings. The Bertz CT molecular complexity index is 1570. The molecule has 0 saturated heterocycles. The van der Waals surface area contributed by atoms with Gasteiger partial charge in [0.15, 0.2) is 5.60 Å². The molecule has 0 radical (unpaired) electrons. The maximum absolute atomic E-state index is 13.5. The highest BCUT2D eigenvalue weighted by Gasteiger charge is 2.53. The number of anilines is 2. The number of rotatable bonds is 7. The lowest BCUT2D eigenvalue weighted by atomic mass is 9.77. The van der Waals surface area contributed by atoms with Gasteiger partial charge in [-0.3, -0.25) is 5.32 Å². The van der Waals surface area contributed by atoms with Crippen molar-refractivity contribution in [3.8, 4) is 17.2 Å². The standard InChI is InChI=1S/C33H33N3O5/c1-35(2)22-8-13-27-29(18-22)40-30-19-23(36(3)4)9-14-28(30)33(27)26-12-7-21(17-25(26)32(39)41-33)31(38)34-16-15-20-5-10-24(37)11-6-20/h5-14,17-19,31,34,37-38H,15-16H2,1-4H3. The first kappa shape index (κ1) is 26.7. The second-order valence-corrected chi connectivity index (χ2v) is 10.9. The number of aromatic hydroxyl groups is 1. The average molecular weight is 552 g/mol. The van der Waals surface area contributed by atoms with Crippen molar-refractivity contribution in [1.82, 2.24) is 5.32 Å². The average Bonchev–Trinajstić information content (AvgIpc) is 3.25. The van der Waals surface area contributed by atoms with E-state index in [2.05, 4.69) is 5.32 Å². The Hall–Kier alpha value is -4.53. The molecule has 0 aliphatic carbocycles. The van der Waals surface area contributed by atoms with Gasteiger partial charge in [0, 0.05) is 74.9 Å². The van der Waals surface area contributed by atoms with Crippen LogP contribution in [0.5, 0.6) is 17.2 Å². The first-order chi connectivity index (χ1) is 19.7. The number of benzene rings is 4. The van der Waals surface area contributed by atoms with Crippen LogP contribution in [0.25, 0.3) is 0 Å². The fourth-order valence-electron chi connectivity index (χ4n) is 5.58. The summed E-state index contributed by atoms with van der Waals surface area (Å²) in [5, 5.41) is 23.5. The van der Waals surface area contributed by atoms with Crippen LogP contribution in [-0.4, -0.2) is 50.9 Å². The summed E-state index contributed by atoms with van der Waals surface area (Å²) in [7, 11) is 7.87. The fourth-order valence-corrected chi connectivity index (χ4v) is 5.58. The fraction of sp³-hybridized carbons (Fsp3) is 0.242. The molecule has 1 atom stereocenters. The van der Waals surface area contributed by atoms with Crippen molar-refractivity contribution < 1.29 is 24.5 Å². The van der Waals surface area contributed by atoms with Crippen molar-refractivity contribution in [1.29, 1.82) is 0 Å². The Labute approximate surface area is 239 Å². The van der Waals surface area contributed by atoms with Crippen LogP contribution in [0.3, 0.4) is 0 Å². The number of phenols is 1. The molecule has 2 heterocycles. The maximum Gasteiger partial charge on any atom is 0.340 e. The zero-order valence-electron chi connectivity index (χ0n) is 23.5. The first-order valence-corrected chi connectivity index (χ1v) is 13.6. The molecule has 2 aliphatic heterocycles. The van der Waals surface area contributed by atoms with Crippen molar-refractivity contribution >= 4 is 17.3 Å². The number of nitrogens with zero attached hydrogens (tertiary/aromatic N) is 2. The number of hydrogen-bond acceptors (Lipinski definition) is 8. The van der Waals surface area contributed by atoms with Crippen LogP contribution in [0.15, 0.2) is 78.9 Å². The molecule has 210 valence electrons. The van der Waals surface area contributed by atoms with E-state index in [-0.39, 0.29) is 5.75 Å². The zero-order chi connectivity index (χ0) is 28.9. The lowest BCUT2D eigenvalue weighted by Gasteiger charge is -2.37. The van der Waals surface area contributed by atoms with E-state index >= 15 is 0 Å². The number of carbonyl (C=O) groups is 1. The summed E-state index contributed by atoms with van der Waals surface area (Å²) in [6.45, 7) is 0.512. The predicted molar refractivity (Wildman–Crippen MR) is 158 cm³/mol. The minimum atomic E-state index is -1.18. The number of ether oxygens (including phenoxy) is 2. The van der Waals surface area contributed by atoms with Gasteiger partial charge in [-0.1, -0.05) is 24.3 Å². The molecule has 1 spiro atoms. The van der Waals surface area contributed by atoms with E-state index in [4.69, 9.17) is 9.47 Å². The number of aliphatic hydroxyl groups excluding tert-OH is 1. The van der Waals surface area contributed by atoms with Crippen LogP contribution in [0.2, 0.25) is 0 Å². The van der Waals surface area contributed by atoms with Crippen LogP contribution in [0, 0.1) is 0 Å². The van der Waals surface area contributed by atoms with Crippen LogP contribution < -0.4 is 19.9 Å². The van der Waals surface area contributed by atoms with Crippen LogP contribution in [-0.2, 0) is 16.8 Å². The van der Waals surface area contributed by atoms with E-state index in [0.717, 1.165) is 28.1 Å². The number of nitrogens with one attached hydrogen (secondary N) is 1. The van der Waals surface area contributed by atoms with Gasteiger partial charge in [-0.15, -0.1) is 0 Å². The van der Waals surface area contributed by atoms with Crippen molar-refractivity contribution in [3.05, 3.63) is 112 Å². The normalized spacial score (nSPS) is 14.9. The topological polar surface area (TPSA) is 94.5 Å². The third-order valence-electron chi connectivity index (χ3n) is 7.83. The van der Waals surface area contributed by atoms with E-state index in [0.29, 0.717) is 41.2 Å². The van der Waals surface area contributed by atoms with Crippen molar-refractivity contribution in [2.24, 2.45) is 0 Å². The lowest BCUT2D eigenvalue weighted by Crippen LogP contribution is -2.33. The molecule has 4 aromatic carbocycles. The lowest BCUT2D eigenvalue weighted by molar-refractivity contribution is 0.0224. The summed E-state index contributed by atoms with van der Waals surface area (Å²) in [6, 6.07) is 24.2. The number of hydrogen-bond donors (Lipinski definition) is 3. The minimum absolute atomic E-state index is 0.218. The second kappa shape index (κ2) is 10.1. The summed E-state index contributed by atoms with van der Waals surface area (Å²) < 4.78 is 12.8. The molecule has 41 heavy (non-hydrogen) atoms. The SMILES string of the molecule is CN(C)c1ccc2c(c1)Oc1cc(N(C)C)ccc1C21OC(=O)c2cc(C(O)NCCc3ccc(O)cc3)ccc21. The van der Waals surface area contributed by atoms with Gasteiger partial charge in [-0.2, -0.15) is 0 Å². The smallest absolute Gasteiger partial charge is 0.340 e. The second-order valence-electron chi connectivity index (χ2n) is 10.9. The molecule has 0 bridgehead atoms. The van der Waals surface area contributed by atoms with Crippen molar-refractivity contribution in [2.75, 3.05) is 44.5 Å². The van der Waals surface area contributed by atoms with Gasteiger partial charge in [0.25, 0.3) is 0 Å². The minimum Gasteiger partial charge on any atom is -0.508 e. The predicted octanol–water partition coefficient (Wildman–Crippen LogP) is 4.92. The van der Waals surface area contributed by atoms with Gasteiger partial charge in [0.05, 0.1) is 5.56 Å². The van der Waals surface area contributed by atoms with E-state index < -0.39 is 17.8 Å². The number of esters is 1. The number of aliphatic hydroxyl groups is 1. The Morgan fingerprint density at radius 2 is 1.39 bits per heavy atom. The summed E-state index contributed by atoms with van der Waals surface area (Å²) in [6.07, 6.45) is -0.299. The van der Waals surface area contributed by atoms with Gasteiger partial charge < -0.3 is 29.5 Å². The summed E-state index contributed by atoms with van der Waals surface area (Å²) in [5.74, 6) is 1.02. The third kappa shape index (κ3) is 4.55. The molecular weight excluding hydrogens is 518 g/mol. The summed E-state index contributed by atoms with van der Waals surface area (Å²) >= 11 is 0. The molecule has 6 rings (SSSR count). The number of carbonyl (C=O) groups excluding carboxylic acids is 1. The zero-order valence-corrected chi connectivity index (χ0v) is 23.5. The summed E-state index contributed by atoms with van der Waals surface area (Å²) in [4.78, 5) is 17.5. The molecule has 0 amide bonds. The van der Waals surface area contributed by atoms with E-state index in [9.17, 15) is 15.0 Å². The highest BCUT2D eigenvalue weighted by molar-refractivity contribution is 5.97. The molecular formula is C33H33N3O5. The van der Waals surface area contributed by atoms with E-state index in [1.165, 1.54) is 0 Å². The quantitative estimate of drug-likeness (QED) is 0.220. The molecule has 0 fully saturated rings. The van der Waals surface area contributed by atoms with Gasteiger partial charge in [0.2, 0.25) is 0 Å². The Kier molecular flexibility index (Phi) is 6.60. The van der Waals surface area contributed by atoms with E-state index in [1.807, 2.05) is 98.7 Å². The highest BCUT2D eigenvalue weighted by atomic mass is 16.6. The van der Waals surface area contributed by atoms with Crippen LogP contribution in [0.4, 0.5) is 11.4 Å². The van der Waals surface area contributed by atoms with Crippen LogP contribution >= 0.6 is 0 Å². The first-order valence-electron chi connectivity index (χ1n) is 13.6. The monoisotopic (exact) mass is 551 g/mol. The number of fused-ring (bicyclic) bond motifs is 6. The van der Waals surface area contributed by atoms with Crippen molar-refractivity contribution in [3.63, 3.8) is 0 Å². The van der Waals surface area contributed by atoms with Crippen LogP contribution in [0.1, 0.15) is 44.4 Å². The largest absolute Gasteiger partial charge is 0.508 e. The molecule has 1 unspecified atom stereocenters. The Morgan fingerprint density at radius 3 is 1.98 bits per heavy atom. The van der Waals surface area contributed by atoms with Gasteiger partial charge in [0.1, 0.15) is 23.5 Å². The Balaban J connectivity index is 1.37. The van der Waals surface area contributed by atoms with E-state index in [1.54, 1.807) is 18.2 Å².